The first-order valence-corrected chi connectivity index (χ1v) is 6.47. The van der Waals surface area contributed by atoms with Crippen LogP contribution in [0.15, 0.2) is 30.3 Å². The molecule has 0 aliphatic carbocycles. The fourth-order valence-corrected chi connectivity index (χ4v) is 2.50. The molecule has 1 aliphatic rings. The highest BCUT2D eigenvalue weighted by atomic mass is 14.9. The topological polar surface area (TPSA) is 37.8 Å². The molecule has 3 nitrogen and oxygen atoms in total. The summed E-state index contributed by atoms with van der Waals surface area (Å²) >= 11 is 0. The van der Waals surface area contributed by atoms with Gasteiger partial charge in [0.05, 0.1) is 5.69 Å². The zero-order valence-corrected chi connectivity index (χ0v) is 10.6. The van der Waals surface area contributed by atoms with Crippen LogP contribution in [0.1, 0.15) is 17.1 Å². The maximum absolute atomic E-state index is 4.66. The van der Waals surface area contributed by atoms with E-state index in [1.807, 2.05) is 13.0 Å². The van der Waals surface area contributed by atoms with Gasteiger partial charge >= 0.3 is 0 Å². The maximum Gasteiger partial charge on any atom is 0.126 e. The van der Waals surface area contributed by atoms with Crippen LogP contribution in [0.4, 0.5) is 0 Å². The molecule has 18 heavy (non-hydrogen) atoms. The Morgan fingerprint density at radius 1 is 1.00 bits per heavy atom. The lowest BCUT2D eigenvalue weighted by Crippen LogP contribution is -2.16. The molecule has 0 amide bonds. The molecular weight excluding hydrogens is 222 g/mol. The summed E-state index contributed by atoms with van der Waals surface area (Å²) < 4.78 is 0. The van der Waals surface area contributed by atoms with E-state index in [-0.39, 0.29) is 0 Å². The van der Waals surface area contributed by atoms with Crippen LogP contribution in [0, 0.1) is 6.92 Å². The molecule has 3 rings (SSSR count). The second-order valence-electron chi connectivity index (χ2n) is 4.66. The molecule has 3 heteroatoms. The fourth-order valence-electron chi connectivity index (χ4n) is 2.50. The van der Waals surface area contributed by atoms with Gasteiger partial charge < -0.3 is 5.32 Å². The fraction of sp³-hybridized carbons (Fsp3) is 0.333. The minimum absolute atomic E-state index is 0.870. The van der Waals surface area contributed by atoms with Gasteiger partial charge in [-0.2, -0.15) is 0 Å². The molecule has 0 unspecified atom stereocenters. The van der Waals surface area contributed by atoms with Gasteiger partial charge in [0.25, 0.3) is 0 Å². The van der Waals surface area contributed by atoms with Crippen LogP contribution in [-0.4, -0.2) is 23.1 Å². The first kappa shape index (κ1) is 11.4. The van der Waals surface area contributed by atoms with Crippen molar-refractivity contribution in [2.75, 3.05) is 13.1 Å². The Labute approximate surface area is 107 Å². The Morgan fingerprint density at radius 2 is 1.78 bits per heavy atom. The molecule has 0 saturated heterocycles. The molecular formula is C15H17N3. The van der Waals surface area contributed by atoms with Crippen molar-refractivity contribution in [3.8, 4) is 11.3 Å². The molecule has 1 aromatic heterocycles. The number of hydrogen-bond donors (Lipinski definition) is 1. The number of hydrogen-bond acceptors (Lipinski definition) is 3. The van der Waals surface area contributed by atoms with Gasteiger partial charge in [0.15, 0.2) is 0 Å². The molecule has 2 aromatic rings. The van der Waals surface area contributed by atoms with E-state index >= 15 is 0 Å². The monoisotopic (exact) mass is 239 g/mol. The zero-order chi connectivity index (χ0) is 12.4. The molecule has 1 aromatic carbocycles. The third kappa shape index (κ3) is 2.14. The third-order valence-electron chi connectivity index (χ3n) is 3.34. The summed E-state index contributed by atoms with van der Waals surface area (Å²) in [5.74, 6) is 0.870. The number of nitrogens with one attached hydrogen (secondary N) is 1. The van der Waals surface area contributed by atoms with Crippen molar-refractivity contribution >= 4 is 0 Å². The summed E-state index contributed by atoms with van der Waals surface area (Å²) in [5, 5.41) is 3.42. The second kappa shape index (κ2) is 4.86. The van der Waals surface area contributed by atoms with Crippen molar-refractivity contribution in [2.45, 2.75) is 19.8 Å². The van der Waals surface area contributed by atoms with E-state index in [0.29, 0.717) is 0 Å². The number of aromatic nitrogens is 2. The summed E-state index contributed by atoms with van der Waals surface area (Å²) in [7, 11) is 0. The van der Waals surface area contributed by atoms with E-state index < -0.39 is 0 Å². The van der Waals surface area contributed by atoms with Gasteiger partial charge in [-0.1, -0.05) is 30.3 Å². The van der Waals surface area contributed by atoms with Crippen molar-refractivity contribution in [2.24, 2.45) is 0 Å². The largest absolute Gasteiger partial charge is 0.316 e. The van der Waals surface area contributed by atoms with Crippen molar-refractivity contribution in [1.82, 2.24) is 15.3 Å². The van der Waals surface area contributed by atoms with Gasteiger partial charge in [-0.05, 0) is 19.9 Å². The standard InChI is InChI=1S/C15H17N3/c1-11-17-14-8-10-16-9-7-13(14)15(18-11)12-5-3-2-4-6-12/h2-6,16H,7-10H2,1H3. The molecule has 0 saturated carbocycles. The molecule has 0 bridgehead atoms. The van der Waals surface area contributed by atoms with Crippen molar-refractivity contribution < 1.29 is 0 Å². The third-order valence-corrected chi connectivity index (χ3v) is 3.34. The number of rotatable bonds is 1. The van der Waals surface area contributed by atoms with Crippen LogP contribution in [0.3, 0.4) is 0 Å². The smallest absolute Gasteiger partial charge is 0.126 e. The summed E-state index contributed by atoms with van der Waals surface area (Å²) in [4.78, 5) is 9.27. The molecule has 2 heterocycles. The predicted octanol–water partition coefficient (Wildman–Crippen LogP) is 2.14. The van der Waals surface area contributed by atoms with Crippen LogP contribution < -0.4 is 5.32 Å². The highest BCUT2D eigenvalue weighted by Crippen LogP contribution is 2.25. The molecule has 1 N–H and O–H groups in total. The highest BCUT2D eigenvalue weighted by Gasteiger charge is 2.16. The Morgan fingerprint density at radius 3 is 2.61 bits per heavy atom. The van der Waals surface area contributed by atoms with Gasteiger partial charge in [0.2, 0.25) is 0 Å². The average molecular weight is 239 g/mol. The van der Waals surface area contributed by atoms with Gasteiger partial charge in [-0.3, -0.25) is 0 Å². The van der Waals surface area contributed by atoms with E-state index in [4.69, 9.17) is 0 Å². The van der Waals surface area contributed by atoms with E-state index in [2.05, 4.69) is 39.6 Å². The van der Waals surface area contributed by atoms with Gasteiger partial charge in [0, 0.05) is 29.8 Å². The van der Waals surface area contributed by atoms with E-state index in [1.54, 1.807) is 0 Å². The first-order chi connectivity index (χ1) is 8.84. The van der Waals surface area contributed by atoms with Crippen LogP contribution >= 0.6 is 0 Å². The van der Waals surface area contributed by atoms with E-state index in [0.717, 1.165) is 37.4 Å². The molecule has 0 spiro atoms. The number of nitrogens with zero attached hydrogens (tertiary/aromatic N) is 2. The van der Waals surface area contributed by atoms with Gasteiger partial charge in [-0.25, -0.2) is 9.97 Å². The molecule has 0 atom stereocenters. The molecule has 92 valence electrons. The average Bonchev–Trinajstić information content (AvgIpc) is 2.64. The first-order valence-electron chi connectivity index (χ1n) is 6.47. The van der Waals surface area contributed by atoms with Gasteiger partial charge in [0.1, 0.15) is 5.82 Å². The normalized spacial score (nSPS) is 14.9. The minimum Gasteiger partial charge on any atom is -0.316 e. The molecule has 1 aliphatic heterocycles. The molecule has 0 radical (unpaired) electrons. The SMILES string of the molecule is Cc1nc2c(c(-c3ccccc3)n1)CCNCC2. The number of benzene rings is 1. The predicted molar refractivity (Wildman–Crippen MR) is 72.5 cm³/mol. The van der Waals surface area contributed by atoms with Crippen LogP contribution in [-0.2, 0) is 12.8 Å². The highest BCUT2D eigenvalue weighted by molar-refractivity contribution is 5.64. The number of aryl methyl sites for hydroxylation is 1. The summed E-state index contributed by atoms with van der Waals surface area (Å²) in [5.41, 5.74) is 4.84. The van der Waals surface area contributed by atoms with Crippen molar-refractivity contribution in [1.29, 1.82) is 0 Å². The molecule has 0 fully saturated rings. The lowest BCUT2D eigenvalue weighted by Gasteiger charge is -2.11. The van der Waals surface area contributed by atoms with Crippen LogP contribution in [0.5, 0.6) is 0 Å². The van der Waals surface area contributed by atoms with Crippen LogP contribution in [0.25, 0.3) is 11.3 Å². The van der Waals surface area contributed by atoms with E-state index in [1.165, 1.54) is 16.8 Å². The lowest BCUT2D eigenvalue weighted by atomic mass is 10.0. The lowest BCUT2D eigenvalue weighted by molar-refractivity contribution is 0.708. The van der Waals surface area contributed by atoms with Crippen LogP contribution in [0.2, 0.25) is 0 Å². The zero-order valence-electron chi connectivity index (χ0n) is 10.6. The summed E-state index contributed by atoms with van der Waals surface area (Å²) in [6.45, 7) is 4.00. The second-order valence-corrected chi connectivity index (χ2v) is 4.66. The van der Waals surface area contributed by atoms with Crippen molar-refractivity contribution in [3.63, 3.8) is 0 Å². The van der Waals surface area contributed by atoms with Gasteiger partial charge in [-0.15, -0.1) is 0 Å². The number of fused-ring (bicyclic) bond motifs is 1. The summed E-state index contributed by atoms with van der Waals surface area (Å²) in [6, 6.07) is 10.4. The maximum atomic E-state index is 4.66. The quantitative estimate of drug-likeness (QED) is 0.828. The Balaban J connectivity index is 2.17. The summed E-state index contributed by atoms with van der Waals surface area (Å²) in [6.07, 6.45) is 2.01. The van der Waals surface area contributed by atoms with E-state index in [9.17, 15) is 0 Å². The Bertz CT molecular complexity index is 549. The minimum atomic E-state index is 0.870. The Kier molecular flexibility index (Phi) is 3.07. The Hall–Kier alpha value is -1.74. The van der Waals surface area contributed by atoms with Crippen molar-refractivity contribution in [3.05, 3.63) is 47.4 Å².